The number of carbonyl (C=O) groups is 1. The summed E-state index contributed by atoms with van der Waals surface area (Å²) < 4.78 is 5.29. The van der Waals surface area contributed by atoms with Gasteiger partial charge in [-0.1, -0.05) is 25.1 Å². The second-order valence-corrected chi connectivity index (χ2v) is 6.61. The van der Waals surface area contributed by atoms with Gasteiger partial charge in [0.2, 0.25) is 5.89 Å². The molecule has 2 aromatic rings. The standard InChI is InChI=1S/C18H26N4O3/c1-3-18(2,13-17(23)24)12-16-21-15(22-25-16)9-5-7-11-20-14-8-4-6-10-19-14/h4,6,8,10H,3,5,7,9,11-13H2,1-2H3,(H,19,20)(H,23,24). The van der Waals surface area contributed by atoms with Crippen molar-refractivity contribution in [1.82, 2.24) is 15.1 Å². The highest BCUT2D eigenvalue weighted by Crippen LogP contribution is 2.30. The normalized spacial score (nSPS) is 13.4. The molecule has 1 atom stereocenters. The fourth-order valence-electron chi connectivity index (χ4n) is 2.60. The van der Waals surface area contributed by atoms with Gasteiger partial charge >= 0.3 is 5.97 Å². The molecule has 1 unspecified atom stereocenters. The van der Waals surface area contributed by atoms with E-state index in [1.807, 2.05) is 32.0 Å². The molecule has 0 spiro atoms. The highest BCUT2D eigenvalue weighted by atomic mass is 16.5. The van der Waals surface area contributed by atoms with Crippen LogP contribution >= 0.6 is 0 Å². The van der Waals surface area contributed by atoms with E-state index in [0.717, 1.165) is 38.0 Å². The van der Waals surface area contributed by atoms with Gasteiger partial charge in [0, 0.05) is 25.6 Å². The largest absolute Gasteiger partial charge is 0.481 e. The topological polar surface area (TPSA) is 101 Å². The Kier molecular flexibility index (Phi) is 6.91. The molecule has 7 heteroatoms. The van der Waals surface area contributed by atoms with Crippen molar-refractivity contribution in [2.24, 2.45) is 5.41 Å². The highest BCUT2D eigenvalue weighted by Gasteiger charge is 2.28. The Morgan fingerprint density at radius 3 is 2.88 bits per heavy atom. The fourth-order valence-corrected chi connectivity index (χ4v) is 2.60. The van der Waals surface area contributed by atoms with Crippen molar-refractivity contribution in [3.63, 3.8) is 0 Å². The van der Waals surface area contributed by atoms with E-state index < -0.39 is 5.97 Å². The number of hydrogen-bond acceptors (Lipinski definition) is 6. The zero-order chi connectivity index (χ0) is 18.1. The van der Waals surface area contributed by atoms with E-state index >= 15 is 0 Å². The van der Waals surface area contributed by atoms with Gasteiger partial charge in [0.1, 0.15) is 5.82 Å². The minimum absolute atomic E-state index is 0.0976. The molecule has 0 fully saturated rings. The maximum absolute atomic E-state index is 11.0. The fraction of sp³-hybridized carbons (Fsp3) is 0.556. The van der Waals surface area contributed by atoms with Crippen molar-refractivity contribution < 1.29 is 14.4 Å². The maximum atomic E-state index is 11.0. The van der Waals surface area contributed by atoms with E-state index in [-0.39, 0.29) is 11.8 Å². The first-order chi connectivity index (χ1) is 12.0. The summed E-state index contributed by atoms with van der Waals surface area (Å²) in [4.78, 5) is 19.6. The molecule has 2 heterocycles. The number of anilines is 1. The molecule has 0 saturated carbocycles. The molecule has 0 aliphatic carbocycles. The van der Waals surface area contributed by atoms with Crippen LogP contribution in [-0.4, -0.2) is 32.7 Å². The Morgan fingerprint density at radius 1 is 1.36 bits per heavy atom. The summed E-state index contributed by atoms with van der Waals surface area (Å²) in [5, 5.41) is 16.3. The number of pyridine rings is 1. The molecule has 25 heavy (non-hydrogen) atoms. The van der Waals surface area contributed by atoms with Crippen LogP contribution in [-0.2, 0) is 17.6 Å². The summed E-state index contributed by atoms with van der Waals surface area (Å²) in [6, 6.07) is 5.77. The summed E-state index contributed by atoms with van der Waals surface area (Å²) in [6.45, 7) is 4.76. The van der Waals surface area contributed by atoms with Gasteiger partial charge in [0.25, 0.3) is 0 Å². The quantitative estimate of drug-likeness (QED) is 0.602. The number of hydrogen-bond donors (Lipinski definition) is 2. The van der Waals surface area contributed by atoms with Crippen molar-refractivity contribution in [2.75, 3.05) is 11.9 Å². The number of aliphatic carboxylic acids is 1. The lowest BCUT2D eigenvalue weighted by molar-refractivity contribution is -0.139. The smallest absolute Gasteiger partial charge is 0.303 e. The van der Waals surface area contributed by atoms with Gasteiger partial charge in [-0.2, -0.15) is 4.98 Å². The number of nitrogens with one attached hydrogen (secondary N) is 1. The van der Waals surface area contributed by atoms with Crippen LogP contribution in [0.1, 0.15) is 51.2 Å². The van der Waals surface area contributed by atoms with Crippen LogP contribution in [0.15, 0.2) is 28.9 Å². The van der Waals surface area contributed by atoms with E-state index in [1.165, 1.54) is 0 Å². The van der Waals surface area contributed by atoms with E-state index in [4.69, 9.17) is 9.63 Å². The van der Waals surface area contributed by atoms with Gasteiger partial charge in [-0.15, -0.1) is 0 Å². The predicted molar refractivity (Wildman–Crippen MR) is 94.3 cm³/mol. The minimum Gasteiger partial charge on any atom is -0.481 e. The van der Waals surface area contributed by atoms with Gasteiger partial charge in [-0.25, -0.2) is 4.98 Å². The Balaban J connectivity index is 1.72. The Labute approximate surface area is 147 Å². The third-order valence-corrected chi connectivity index (χ3v) is 4.32. The molecule has 2 rings (SSSR count). The Morgan fingerprint density at radius 2 is 2.20 bits per heavy atom. The first-order valence-electron chi connectivity index (χ1n) is 8.69. The predicted octanol–water partition coefficient (Wildman–Crippen LogP) is 3.33. The highest BCUT2D eigenvalue weighted by molar-refractivity contribution is 5.67. The summed E-state index contributed by atoms with van der Waals surface area (Å²) in [5.41, 5.74) is -0.359. The number of carboxylic acid groups (broad SMARTS) is 1. The molecule has 0 aliphatic heterocycles. The molecule has 0 bridgehead atoms. The summed E-state index contributed by atoms with van der Waals surface area (Å²) in [5.74, 6) is 1.28. The van der Waals surface area contributed by atoms with E-state index in [2.05, 4.69) is 20.4 Å². The molecule has 2 N–H and O–H groups in total. The van der Waals surface area contributed by atoms with E-state index in [9.17, 15) is 4.79 Å². The number of unbranched alkanes of at least 4 members (excludes halogenated alkanes) is 1. The monoisotopic (exact) mass is 346 g/mol. The van der Waals surface area contributed by atoms with Gasteiger partial charge in [-0.3, -0.25) is 4.79 Å². The number of nitrogens with zero attached hydrogens (tertiary/aromatic N) is 3. The SMILES string of the molecule is CCC(C)(CC(=O)O)Cc1nc(CCCCNc2ccccn2)no1. The van der Waals surface area contributed by atoms with Crippen LogP contribution in [0.5, 0.6) is 0 Å². The lowest BCUT2D eigenvalue weighted by atomic mass is 9.81. The molecule has 0 amide bonds. The third-order valence-electron chi connectivity index (χ3n) is 4.32. The molecule has 0 aromatic carbocycles. The van der Waals surface area contributed by atoms with Crippen molar-refractivity contribution >= 4 is 11.8 Å². The van der Waals surface area contributed by atoms with Crippen LogP contribution in [0.4, 0.5) is 5.82 Å². The molecule has 136 valence electrons. The first-order valence-corrected chi connectivity index (χ1v) is 8.69. The zero-order valence-electron chi connectivity index (χ0n) is 14.9. The summed E-state index contributed by atoms with van der Waals surface area (Å²) in [6.07, 6.45) is 5.76. The van der Waals surface area contributed by atoms with Crippen molar-refractivity contribution in [3.05, 3.63) is 36.1 Å². The van der Waals surface area contributed by atoms with Gasteiger partial charge < -0.3 is 14.9 Å². The number of carboxylic acids is 1. The minimum atomic E-state index is -0.801. The van der Waals surface area contributed by atoms with Gasteiger partial charge in [0.05, 0.1) is 6.42 Å². The van der Waals surface area contributed by atoms with Crippen LogP contribution in [0.2, 0.25) is 0 Å². The average molecular weight is 346 g/mol. The van der Waals surface area contributed by atoms with Crippen molar-refractivity contribution in [1.29, 1.82) is 0 Å². The van der Waals surface area contributed by atoms with Crippen LogP contribution in [0.3, 0.4) is 0 Å². The first kappa shape index (κ1) is 18.9. The van der Waals surface area contributed by atoms with Crippen molar-refractivity contribution in [3.8, 4) is 0 Å². The summed E-state index contributed by atoms with van der Waals surface area (Å²) in [7, 11) is 0. The van der Waals surface area contributed by atoms with Gasteiger partial charge in [-0.05, 0) is 36.8 Å². The van der Waals surface area contributed by atoms with Crippen LogP contribution in [0.25, 0.3) is 0 Å². The molecule has 0 aliphatic rings. The Hall–Kier alpha value is -2.44. The van der Waals surface area contributed by atoms with Crippen LogP contribution in [0, 0.1) is 5.41 Å². The van der Waals surface area contributed by atoms with E-state index in [1.54, 1.807) is 6.20 Å². The summed E-state index contributed by atoms with van der Waals surface area (Å²) >= 11 is 0. The molecule has 2 aromatic heterocycles. The lowest BCUT2D eigenvalue weighted by Gasteiger charge is -2.23. The molecule has 7 nitrogen and oxygen atoms in total. The molecule has 0 saturated heterocycles. The lowest BCUT2D eigenvalue weighted by Crippen LogP contribution is -2.23. The van der Waals surface area contributed by atoms with Crippen LogP contribution < -0.4 is 5.32 Å². The second kappa shape index (κ2) is 9.15. The molecular weight excluding hydrogens is 320 g/mol. The Bertz CT molecular complexity index is 659. The van der Waals surface area contributed by atoms with Crippen molar-refractivity contribution in [2.45, 2.75) is 52.4 Å². The maximum Gasteiger partial charge on any atom is 0.303 e. The average Bonchev–Trinajstić information content (AvgIpc) is 3.01. The zero-order valence-corrected chi connectivity index (χ0v) is 14.9. The molecular formula is C18H26N4O3. The third kappa shape index (κ3) is 6.52. The number of aryl methyl sites for hydroxylation is 1. The van der Waals surface area contributed by atoms with Gasteiger partial charge in [0.15, 0.2) is 5.82 Å². The number of aromatic nitrogens is 3. The second-order valence-electron chi connectivity index (χ2n) is 6.61. The number of rotatable bonds is 11. The molecule has 0 radical (unpaired) electrons. The van der Waals surface area contributed by atoms with E-state index in [0.29, 0.717) is 18.1 Å².